The standard InChI is InChI=1S/C12H12N2O/c13-5-1-2-9-3-4-11-10(8-15)7-14-12(11)6-9/h1-4,6-8,14H,5,13H2. The van der Waals surface area contributed by atoms with E-state index in [0.29, 0.717) is 12.1 Å². The van der Waals surface area contributed by atoms with Gasteiger partial charge in [0, 0.05) is 29.2 Å². The fourth-order valence-corrected chi connectivity index (χ4v) is 1.57. The molecule has 2 rings (SSSR count). The van der Waals surface area contributed by atoms with Gasteiger partial charge in [0.1, 0.15) is 0 Å². The van der Waals surface area contributed by atoms with E-state index in [1.54, 1.807) is 6.20 Å². The summed E-state index contributed by atoms with van der Waals surface area (Å²) < 4.78 is 0. The minimum atomic E-state index is 0.530. The second kappa shape index (κ2) is 4.11. The van der Waals surface area contributed by atoms with Gasteiger partial charge in [0.2, 0.25) is 0 Å². The van der Waals surface area contributed by atoms with Crippen LogP contribution in [-0.2, 0) is 0 Å². The molecule has 0 atom stereocenters. The average molecular weight is 200 g/mol. The maximum atomic E-state index is 10.7. The number of hydrogen-bond donors (Lipinski definition) is 2. The van der Waals surface area contributed by atoms with Crippen molar-refractivity contribution in [2.24, 2.45) is 5.73 Å². The molecule has 0 aliphatic heterocycles. The summed E-state index contributed by atoms with van der Waals surface area (Å²) in [7, 11) is 0. The molecule has 1 aromatic heterocycles. The Bertz CT molecular complexity index is 511. The highest BCUT2D eigenvalue weighted by Gasteiger charge is 2.01. The van der Waals surface area contributed by atoms with Crippen LogP contribution in [0.3, 0.4) is 0 Å². The number of aromatic nitrogens is 1. The van der Waals surface area contributed by atoms with Crippen molar-refractivity contribution in [2.45, 2.75) is 0 Å². The molecule has 0 fully saturated rings. The molecule has 1 aromatic carbocycles. The minimum absolute atomic E-state index is 0.530. The summed E-state index contributed by atoms with van der Waals surface area (Å²) in [5.74, 6) is 0. The smallest absolute Gasteiger partial charge is 0.152 e. The number of benzene rings is 1. The molecule has 15 heavy (non-hydrogen) atoms. The Hall–Kier alpha value is -1.87. The molecule has 0 aliphatic carbocycles. The van der Waals surface area contributed by atoms with Gasteiger partial charge >= 0.3 is 0 Å². The van der Waals surface area contributed by atoms with Gasteiger partial charge in [0.25, 0.3) is 0 Å². The molecule has 3 N–H and O–H groups in total. The van der Waals surface area contributed by atoms with Crippen LogP contribution in [0, 0.1) is 0 Å². The van der Waals surface area contributed by atoms with Crippen molar-refractivity contribution >= 4 is 23.3 Å². The van der Waals surface area contributed by atoms with Crippen LogP contribution in [0.5, 0.6) is 0 Å². The highest BCUT2D eigenvalue weighted by atomic mass is 16.1. The molecule has 0 saturated carbocycles. The Labute approximate surface area is 87.6 Å². The quantitative estimate of drug-likeness (QED) is 0.744. The molecule has 0 bridgehead atoms. The fraction of sp³-hybridized carbons (Fsp3) is 0.0833. The number of fused-ring (bicyclic) bond motifs is 1. The number of carbonyl (C=O) groups excluding carboxylic acids is 1. The Morgan fingerprint density at radius 3 is 3.00 bits per heavy atom. The topological polar surface area (TPSA) is 58.9 Å². The predicted molar refractivity (Wildman–Crippen MR) is 61.8 cm³/mol. The lowest BCUT2D eigenvalue weighted by Crippen LogP contribution is -1.91. The van der Waals surface area contributed by atoms with E-state index in [4.69, 9.17) is 5.73 Å². The lowest BCUT2D eigenvalue weighted by atomic mass is 10.1. The van der Waals surface area contributed by atoms with Gasteiger partial charge in [0.05, 0.1) is 0 Å². The van der Waals surface area contributed by atoms with Crippen LogP contribution in [0.25, 0.3) is 17.0 Å². The molecule has 0 amide bonds. The Balaban J connectivity index is 2.48. The van der Waals surface area contributed by atoms with Crippen molar-refractivity contribution in [2.75, 3.05) is 6.54 Å². The van der Waals surface area contributed by atoms with Gasteiger partial charge < -0.3 is 10.7 Å². The second-order valence-electron chi connectivity index (χ2n) is 3.30. The number of nitrogens with two attached hydrogens (primary N) is 1. The normalized spacial score (nSPS) is 11.3. The van der Waals surface area contributed by atoms with Gasteiger partial charge in [-0.1, -0.05) is 24.3 Å². The zero-order chi connectivity index (χ0) is 10.7. The zero-order valence-corrected chi connectivity index (χ0v) is 8.23. The zero-order valence-electron chi connectivity index (χ0n) is 8.23. The van der Waals surface area contributed by atoms with Crippen LogP contribution >= 0.6 is 0 Å². The first kappa shape index (κ1) is 9.68. The monoisotopic (exact) mass is 200 g/mol. The number of carbonyl (C=O) groups is 1. The first-order chi connectivity index (χ1) is 7.35. The summed E-state index contributed by atoms with van der Waals surface area (Å²) in [6, 6.07) is 5.90. The lowest BCUT2D eigenvalue weighted by molar-refractivity contribution is 0.112. The number of hydrogen-bond acceptors (Lipinski definition) is 2. The molecule has 0 spiro atoms. The van der Waals surface area contributed by atoms with Crippen molar-refractivity contribution in [1.29, 1.82) is 0 Å². The van der Waals surface area contributed by atoms with Crippen LogP contribution in [-0.4, -0.2) is 17.8 Å². The number of nitrogens with one attached hydrogen (secondary N) is 1. The van der Waals surface area contributed by atoms with Gasteiger partial charge in [-0.3, -0.25) is 4.79 Å². The molecule has 0 radical (unpaired) electrons. The Morgan fingerprint density at radius 2 is 2.27 bits per heavy atom. The second-order valence-corrected chi connectivity index (χ2v) is 3.30. The van der Waals surface area contributed by atoms with E-state index in [1.807, 2.05) is 30.4 Å². The summed E-state index contributed by atoms with van der Waals surface area (Å²) >= 11 is 0. The first-order valence-electron chi connectivity index (χ1n) is 4.78. The van der Waals surface area contributed by atoms with Crippen molar-refractivity contribution < 1.29 is 4.79 Å². The van der Waals surface area contributed by atoms with Crippen LogP contribution in [0.2, 0.25) is 0 Å². The molecular weight excluding hydrogens is 188 g/mol. The van der Waals surface area contributed by atoms with Gasteiger partial charge in [-0.2, -0.15) is 0 Å². The lowest BCUT2D eigenvalue weighted by Gasteiger charge is -1.94. The van der Waals surface area contributed by atoms with Crippen LogP contribution in [0.15, 0.2) is 30.5 Å². The van der Waals surface area contributed by atoms with Crippen molar-refractivity contribution in [3.8, 4) is 0 Å². The van der Waals surface area contributed by atoms with Crippen LogP contribution in [0.1, 0.15) is 15.9 Å². The van der Waals surface area contributed by atoms with Gasteiger partial charge in [-0.15, -0.1) is 0 Å². The minimum Gasteiger partial charge on any atom is -0.360 e. The SMILES string of the molecule is NCC=Cc1ccc2c(C=O)c[nH]c2c1. The van der Waals surface area contributed by atoms with E-state index in [9.17, 15) is 4.79 Å². The van der Waals surface area contributed by atoms with E-state index in [-0.39, 0.29) is 0 Å². The molecule has 0 saturated heterocycles. The molecule has 0 aliphatic rings. The van der Waals surface area contributed by atoms with Crippen molar-refractivity contribution in [3.05, 3.63) is 41.6 Å². The number of aromatic amines is 1. The van der Waals surface area contributed by atoms with E-state index in [1.165, 1.54) is 0 Å². The van der Waals surface area contributed by atoms with E-state index in [0.717, 1.165) is 22.8 Å². The van der Waals surface area contributed by atoms with Crippen molar-refractivity contribution in [3.63, 3.8) is 0 Å². The largest absolute Gasteiger partial charge is 0.360 e. The number of aldehydes is 1. The summed E-state index contributed by atoms with van der Waals surface area (Å²) in [6.45, 7) is 0.530. The Morgan fingerprint density at radius 1 is 1.40 bits per heavy atom. The molecular formula is C12H12N2O. The third kappa shape index (κ3) is 1.82. The maximum Gasteiger partial charge on any atom is 0.152 e. The first-order valence-corrected chi connectivity index (χ1v) is 4.78. The van der Waals surface area contributed by atoms with Crippen LogP contribution in [0.4, 0.5) is 0 Å². The van der Waals surface area contributed by atoms with Gasteiger partial charge in [-0.25, -0.2) is 0 Å². The highest BCUT2D eigenvalue weighted by Crippen LogP contribution is 2.18. The summed E-state index contributed by atoms with van der Waals surface area (Å²) in [5.41, 5.74) is 8.11. The van der Waals surface area contributed by atoms with E-state index >= 15 is 0 Å². The molecule has 3 nitrogen and oxygen atoms in total. The fourth-order valence-electron chi connectivity index (χ4n) is 1.57. The van der Waals surface area contributed by atoms with E-state index < -0.39 is 0 Å². The average Bonchev–Trinajstić information content (AvgIpc) is 2.68. The van der Waals surface area contributed by atoms with Crippen LogP contribution < -0.4 is 5.73 Å². The third-order valence-corrected chi connectivity index (χ3v) is 2.31. The highest BCUT2D eigenvalue weighted by molar-refractivity contribution is 5.97. The molecule has 1 heterocycles. The molecule has 0 unspecified atom stereocenters. The maximum absolute atomic E-state index is 10.7. The molecule has 2 aromatic rings. The Kier molecular flexibility index (Phi) is 2.65. The van der Waals surface area contributed by atoms with Gasteiger partial charge in [0.15, 0.2) is 6.29 Å². The summed E-state index contributed by atoms with van der Waals surface area (Å²) in [5, 5.41) is 0.954. The van der Waals surface area contributed by atoms with Crippen molar-refractivity contribution in [1.82, 2.24) is 4.98 Å². The molecule has 3 heteroatoms. The van der Waals surface area contributed by atoms with E-state index in [2.05, 4.69) is 4.98 Å². The summed E-state index contributed by atoms with van der Waals surface area (Å²) in [6.07, 6.45) is 6.42. The number of rotatable bonds is 3. The van der Waals surface area contributed by atoms with Gasteiger partial charge in [-0.05, 0) is 11.6 Å². The predicted octanol–water partition coefficient (Wildman–Crippen LogP) is 1.95. The number of H-pyrrole nitrogens is 1. The third-order valence-electron chi connectivity index (χ3n) is 2.31. The summed E-state index contributed by atoms with van der Waals surface area (Å²) in [4.78, 5) is 13.7. The molecule has 76 valence electrons.